The molecule has 0 saturated carbocycles. The second-order valence-corrected chi connectivity index (χ2v) is 5.17. The van der Waals surface area contributed by atoms with Crippen molar-refractivity contribution in [3.05, 3.63) is 23.9 Å². The summed E-state index contributed by atoms with van der Waals surface area (Å²) >= 11 is 0. The van der Waals surface area contributed by atoms with Crippen molar-refractivity contribution < 1.29 is 0 Å². The zero-order chi connectivity index (χ0) is 13.5. The van der Waals surface area contributed by atoms with Crippen molar-refractivity contribution in [2.75, 3.05) is 25.0 Å². The third kappa shape index (κ3) is 3.93. The van der Waals surface area contributed by atoms with E-state index < -0.39 is 0 Å². The summed E-state index contributed by atoms with van der Waals surface area (Å²) in [4.78, 5) is 6.77. The Kier molecular flexibility index (Phi) is 5.17. The molecule has 1 aromatic heterocycles. The Bertz CT molecular complexity index is 438. The molecular formula is C15H22N4. The monoisotopic (exact) mass is 258 g/mol. The van der Waals surface area contributed by atoms with E-state index in [1.54, 1.807) is 18.3 Å². The number of nitriles is 1. The Morgan fingerprint density at radius 2 is 2.42 bits per heavy atom. The van der Waals surface area contributed by atoms with Crippen molar-refractivity contribution in [2.45, 2.75) is 38.6 Å². The van der Waals surface area contributed by atoms with Gasteiger partial charge in [0.2, 0.25) is 0 Å². The first kappa shape index (κ1) is 13.8. The first-order valence-corrected chi connectivity index (χ1v) is 7.14. The largest absolute Gasteiger partial charge is 0.369 e. The second-order valence-electron chi connectivity index (χ2n) is 5.17. The van der Waals surface area contributed by atoms with Gasteiger partial charge in [0.1, 0.15) is 11.9 Å². The third-order valence-corrected chi connectivity index (χ3v) is 3.78. The first-order valence-electron chi connectivity index (χ1n) is 7.14. The number of anilines is 1. The van der Waals surface area contributed by atoms with E-state index in [0.29, 0.717) is 11.4 Å². The van der Waals surface area contributed by atoms with Crippen molar-refractivity contribution >= 4 is 5.82 Å². The van der Waals surface area contributed by atoms with Gasteiger partial charge in [-0.05, 0) is 44.9 Å². The fourth-order valence-corrected chi connectivity index (χ4v) is 2.62. The van der Waals surface area contributed by atoms with Crippen LogP contribution in [0.3, 0.4) is 0 Å². The Balaban J connectivity index is 1.73. The molecular weight excluding hydrogens is 236 g/mol. The molecule has 1 aliphatic rings. The lowest BCUT2D eigenvalue weighted by molar-refractivity contribution is 0.160. The quantitative estimate of drug-likeness (QED) is 0.825. The molecule has 0 bridgehead atoms. The van der Waals surface area contributed by atoms with Gasteiger partial charge in [-0.2, -0.15) is 5.26 Å². The van der Waals surface area contributed by atoms with E-state index in [1.165, 1.54) is 25.8 Å². The summed E-state index contributed by atoms with van der Waals surface area (Å²) in [6.07, 6.45) is 6.83. The molecule has 0 aliphatic carbocycles. The summed E-state index contributed by atoms with van der Waals surface area (Å²) in [5.41, 5.74) is 0.619. The maximum absolute atomic E-state index is 8.98. The van der Waals surface area contributed by atoms with E-state index in [0.717, 1.165) is 25.6 Å². The molecule has 1 aliphatic heterocycles. The molecule has 0 radical (unpaired) electrons. The lowest BCUT2D eigenvalue weighted by atomic mass is 10.0. The number of aromatic nitrogens is 1. The summed E-state index contributed by atoms with van der Waals surface area (Å²) in [6.45, 7) is 5.55. The van der Waals surface area contributed by atoms with Crippen LogP contribution in [0.15, 0.2) is 18.3 Å². The van der Waals surface area contributed by atoms with Gasteiger partial charge in [-0.3, -0.25) is 0 Å². The molecule has 0 spiro atoms. The van der Waals surface area contributed by atoms with Gasteiger partial charge in [0.25, 0.3) is 0 Å². The number of nitrogens with one attached hydrogen (secondary N) is 1. The molecule has 1 N–H and O–H groups in total. The molecule has 102 valence electrons. The summed E-state index contributed by atoms with van der Waals surface area (Å²) in [7, 11) is 0. The van der Waals surface area contributed by atoms with E-state index in [4.69, 9.17) is 5.26 Å². The number of piperidine rings is 1. The average Bonchev–Trinajstić information content (AvgIpc) is 2.45. The average molecular weight is 258 g/mol. The Labute approximate surface area is 115 Å². The van der Waals surface area contributed by atoms with Crippen molar-refractivity contribution in [3.8, 4) is 6.07 Å². The molecule has 4 heteroatoms. The lowest BCUT2D eigenvalue weighted by Crippen LogP contribution is -2.38. The van der Waals surface area contributed by atoms with Crippen LogP contribution >= 0.6 is 0 Å². The molecule has 0 amide bonds. The number of nitrogens with zero attached hydrogens (tertiary/aromatic N) is 3. The van der Waals surface area contributed by atoms with Gasteiger partial charge in [0.05, 0.1) is 5.56 Å². The predicted molar refractivity (Wildman–Crippen MR) is 76.9 cm³/mol. The van der Waals surface area contributed by atoms with Crippen LogP contribution in [-0.2, 0) is 0 Å². The number of likely N-dealkylation sites (tertiary alicyclic amines) is 1. The van der Waals surface area contributed by atoms with Crippen LogP contribution in [0.1, 0.15) is 38.2 Å². The second kappa shape index (κ2) is 7.10. The zero-order valence-electron chi connectivity index (χ0n) is 11.6. The minimum Gasteiger partial charge on any atom is -0.369 e. The fourth-order valence-electron chi connectivity index (χ4n) is 2.62. The number of hydrogen-bond acceptors (Lipinski definition) is 4. The molecule has 2 rings (SSSR count). The van der Waals surface area contributed by atoms with Crippen LogP contribution in [0.25, 0.3) is 0 Å². The highest BCUT2D eigenvalue weighted by molar-refractivity contribution is 5.50. The minimum atomic E-state index is 0.619. The lowest BCUT2D eigenvalue weighted by Gasteiger charge is -2.33. The molecule has 2 heterocycles. The third-order valence-electron chi connectivity index (χ3n) is 3.78. The van der Waals surface area contributed by atoms with Gasteiger partial charge in [-0.1, -0.05) is 6.42 Å². The van der Waals surface area contributed by atoms with Crippen molar-refractivity contribution in [2.24, 2.45) is 0 Å². The maximum Gasteiger partial charge on any atom is 0.143 e. The number of rotatable bonds is 5. The van der Waals surface area contributed by atoms with E-state index in [2.05, 4.69) is 28.2 Å². The smallest absolute Gasteiger partial charge is 0.143 e. The highest BCUT2D eigenvalue weighted by atomic mass is 15.2. The summed E-state index contributed by atoms with van der Waals surface area (Å²) < 4.78 is 0. The Morgan fingerprint density at radius 3 is 3.21 bits per heavy atom. The SMILES string of the molecule is C[C@@H]1CCCCN1CCCNc1ncccc1C#N. The molecule has 1 atom stereocenters. The molecule has 1 fully saturated rings. The summed E-state index contributed by atoms with van der Waals surface area (Å²) in [5, 5.41) is 12.2. The van der Waals surface area contributed by atoms with Crippen LogP contribution in [0.5, 0.6) is 0 Å². The normalized spacial score (nSPS) is 19.9. The van der Waals surface area contributed by atoms with Gasteiger partial charge in [-0.25, -0.2) is 4.98 Å². The molecule has 4 nitrogen and oxygen atoms in total. The summed E-state index contributed by atoms with van der Waals surface area (Å²) in [6, 6.07) is 6.46. The van der Waals surface area contributed by atoms with Crippen molar-refractivity contribution in [1.29, 1.82) is 5.26 Å². The molecule has 0 unspecified atom stereocenters. The zero-order valence-corrected chi connectivity index (χ0v) is 11.6. The minimum absolute atomic E-state index is 0.619. The Hall–Kier alpha value is -1.60. The number of pyridine rings is 1. The van der Waals surface area contributed by atoms with Gasteiger partial charge >= 0.3 is 0 Å². The van der Waals surface area contributed by atoms with Crippen LogP contribution < -0.4 is 5.32 Å². The van der Waals surface area contributed by atoms with Crippen molar-refractivity contribution in [3.63, 3.8) is 0 Å². The fraction of sp³-hybridized carbons (Fsp3) is 0.600. The predicted octanol–water partition coefficient (Wildman–Crippen LogP) is 2.63. The van der Waals surface area contributed by atoms with E-state index in [1.807, 2.05) is 0 Å². The van der Waals surface area contributed by atoms with Crippen LogP contribution in [-0.4, -0.2) is 35.6 Å². The highest BCUT2D eigenvalue weighted by Gasteiger charge is 2.17. The van der Waals surface area contributed by atoms with Gasteiger partial charge in [0, 0.05) is 25.3 Å². The van der Waals surface area contributed by atoms with Gasteiger partial charge in [0.15, 0.2) is 0 Å². The van der Waals surface area contributed by atoms with E-state index in [-0.39, 0.29) is 0 Å². The van der Waals surface area contributed by atoms with E-state index in [9.17, 15) is 0 Å². The van der Waals surface area contributed by atoms with Crippen LogP contribution in [0.2, 0.25) is 0 Å². The first-order chi connectivity index (χ1) is 9.31. The molecule has 1 saturated heterocycles. The van der Waals surface area contributed by atoms with Gasteiger partial charge in [-0.15, -0.1) is 0 Å². The molecule has 0 aromatic carbocycles. The van der Waals surface area contributed by atoms with Crippen molar-refractivity contribution in [1.82, 2.24) is 9.88 Å². The van der Waals surface area contributed by atoms with Crippen LogP contribution in [0.4, 0.5) is 5.82 Å². The summed E-state index contributed by atoms with van der Waals surface area (Å²) in [5.74, 6) is 0.705. The molecule has 1 aromatic rings. The highest BCUT2D eigenvalue weighted by Crippen LogP contribution is 2.16. The topological polar surface area (TPSA) is 52.0 Å². The van der Waals surface area contributed by atoms with Crippen LogP contribution in [0, 0.1) is 11.3 Å². The number of hydrogen-bond donors (Lipinski definition) is 1. The molecule has 19 heavy (non-hydrogen) atoms. The maximum atomic E-state index is 8.98. The standard InChI is InChI=1S/C15H22N4/c1-13-6-2-3-10-19(13)11-5-9-18-15-14(12-16)7-4-8-17-15/h4,7-8,13H,2-3,5-6,9-11H2,1H3,(H,17,18)/t13-/m1/s1. The Morgan fingerprint density at radius 1 is 1.53 bits per heavy atom. The van der Waals surface area contributed by atoms with E-state index >= 15 is 0 Å². The van der Waals surface area contributed by atoms with Gasteiger partial charge < -0.3 is 10.2 Å².